The van der Waals surface area contributed by atoms with Gasteiger partial charge in [0.2, 0.25) is 0 Å². The van der Waals surface area contributed by atoms with Crippen LogP contribution in [0.2, 0.25) is 0 Å². The van der Waals surface area contributed by atoms with Gasteiger partial charge in [-0.05, 0) is 47.0 Å². The summed E-state index contributed by atoms with van der Waals surface area (Å²) in [5, 5.41) is 7.74. The molecular weight excluding hydrogens is 368 g/mol. The van der Waals surface area contributed by atoms with E-state index in [4.69, 9.17) is 0 Å². The van der Waals surface area contributed by atoms with Crippen molar-refractivity contribution < 1.29 is 9.59 Å². The molecule has 2 aromatic carbocycles. The second kappa shape index (κ2) is 9.85. The third kappa shape index (κ3) is 5.54. The number of rotatable bonds is 8. The fraction of sp³-hybridized carbons (Fsp3) is 0.217. The molecule has 0 saturated carbocycles. The lowest BCUT2D eigenvalue weighted by molar-refractivity contribution is 0.0944. The van der Waals surface area contributed by atoms with Crippen LogP contribution in [0.5, 0.6) is 0 Å². The smallest absolute Gasteiger partial charge is 0.261 e. The lowest BCUT2D eigenvalue weighted by atomic mass is 9.98. The number of nitrogens with one attached hydrogen (secondary N) is 2. The first-order chi connectivity index (χ1) is 13.6. The van der Waals surface area contributed by atoms with Gasteiger partial charge in [-0.1, -0.05) is 55.5 Å². The Hall–Kier alpha value is -2.92. The highest BCUT2D eigenvalue weighted by Crippen LogP contribution is 2.17. The van der Waals surface area contributed by atoms with Crippen molar-refractivity contribution in [2.24, 2.45) is 0 Å². The maximum Gasteiger partial charge on any atom is 0.261 e. The van der Waals surface area contributed by atoms with Gasteiger partial charge in [0.1, 0.15) is 0 Å². The lowest BCUT2D eigenvalue weighted by Gasteiger charge is -2.12. The number of carbonyl (C=O) groups excluding carboxylic acids is 2. The highest BCUT2D eigenvalue weighted by atomic mass is 32.1. The molecule has 0 fully saturated rings. The number of hydrogen-bond acceptors (Lipinski definition) is 3. The molecule has 1 unspecified atom stereocenters. The lowest BCUT2D eigenvalue weighted by Crippen LogP contribution is -2.25. The normalized spacial score (nSPS) is 11.6. The third-order valence-corrected chi connectivity index (χ3v) is 5.51. The zero-order valence-corrected chi connectivity index (χ0v) is 16.7. The number of benzene rings is 2. The Labute approximate surface area is 169 Å². The molecule has 0 bridgehead atoms. The minimum absolute atomic E-state index is 0.0746. The van der Waals surface area contributed by atoms with E-state index in [0.717, 1.165) is 12.0 Å². The molecule has 2 N–H and O–H groups in total. The molecule has 1 heterocycles. The maximum absolute atomic E-state index is 12.3. The molecule has 0 saturated heterocycles. The van der Waals surface area contributed by atoms with Crippen molar-refractivity contribution >= 4 is 23.2 Å². The predicted molar refractivity (Wildman–Crippen MR) is 114 cm³/mol. The van der Waals surface area contributed by atoms with Gasteiger partial charge in [0.05, 0.1) is 4.88 Å². The van der Waals surface area contributed by atoms with Gasteiger partial charge in [-0.3, -0.25) is 9.59 Å². The summed E-state index contributed by atoms with van der Waals surface area (Å²) in [5.74, 6) is 0.245. The van der Waals surface area contributed by atoms with Crippen molar-refractivity contribution in [1.82, 2.24) is 10.6 Å². The summed E-state index contributed by atoms with van der Waals surface area (Å²) in [7, 11) is 0. The SMILES string of the molecule is CC(CCNC(=O)c1ccc(CNC(=O)c2cccs2)cc1)c1ccccc1. The summed E-state index contributed by atoms with van der Waals surface area (Å²) in [6.07, 6.45) is 0.891. The van der Waals surface area contributed by atoms with E-state index < -0.39 is 0 Å². The zero-order chi connectivity index (χ0) is 19.8. The predicted octanol–water partition coefficient (Wildman–Crippen LogP) is 4.60. The van der Waals surface area contributed by atoms with Crippen LogP contribution in [0, 0.1) is 0 Å². The zero-order valence-electron chi connectivity index (χ0n) is 15.9. The Morgan fingerprint density at radius 1 is 0.893 bits per heavy atom. The minimum atomic E-state index is -0.0793. The number of hydrogen-bond donors (Lipinski definition) is 2. The molecule has 0 aliphatic carbocycles. The molecule has 5 heteroatoms. The van der Waals surface area contributed by atoms with Crippen LogP contribution in [0.1, 0.15) is 50.4 Å². The molecule has 0 aliphatic heterocycles. The maximum atomic E-state index is 12.3. The highest BCUT2D eigenvalue weighted by molar-refractivity contribution is 7.12. The molecule has 1 atom stereocenters. The standard InChI is InChI=1S/C23H24N2O2S/c1-17(19-6-3-2-4-7-19)13-14-24-22(26)20-11-9-18(10-12-20)16-25-23(27)21-8-5-15-28-21/h2-12,15,17H,13-14,16H2,1H3,(H,24,26)(H,25,27). The Bertz CT molecular complexity index is 890. The molecule has 0 aliphatic rings. The van der Waals surface area contributed by atoms with Crippen LogP contribution in [0.25, 0.3) is 0 Å². The van der Waals surface area contributed by atoms with Gasteiger partial charge < -0.3 is 10.6 Å². The summed E-state index contributed by atoms with van der Waals surface area (Å²) < 4.78 is 0. The van der Waals surface area contributed by atoms with E-state index in [1.165, 1.54) is 16.9 Å². The van der Waals surface area contributed by atoms with Crippen LogP contribution in [-0.4, -0.2) is 18.4 Å². The van der Waals surface area contributed by atoms with Gasteiger partial charge in [0, 0.05) is 18.7 Å². The van der Waals surface area contributed by atoms with E-state index in [9.17, 15) is 9.59 Å². The summed E-state index contributed by atoms with van der Waals surface area (Å²) in [6.45, 7) is 3.24. The van der Waals surface area contributed by atoms with Crippen molar-refractivity contribution in [3.63, 3.8) is 0 Å². The summed E-state index contributed by atoms with van der Waals surface area (Å²) in [4.78, 5) is 25.0. The van der Waals surface area contributed by atoms with E-state index in [1.54, 1.807) is 18.2 Å². The van der Waals surface area contributed by atoms with Crippen LogP contribution >= 0.6 is 11.3 Å². The first-order valence-electron chi connectivity index (χ1n) is 9.37. The monoisotopic (exact) mass is 392 g/mol. The van der Waals surface area contributed by atoms with Crippen molar-refractivity contribution in [2.75, 3.05) is 6.54 Å². The van der Waals surface area contributed by atoms with Crippen molar-refractivity contribution in [3.8, 4) is 0 Å². The first-order valence-corrected chi connectivity index (χ1v) is 10.3. The molecule has 144 valence electrons. The van der Waals surface area contributed by atoms with E-state index in [1.807, 2.05) is 41.8 Å². The highest BCUT2D eigenvalue weighted by Gasteiger charge is 2.09. The molecule has 1 aromatic heterocycles. The Morgan fingerprint density at radius 2 is 1.64 bits per heavy atom. The van der Waals surface area contributed by atoms with Crippen LogP contribution in [0.4, 0.5) is 0 Å². The van der Waals surface area contributed by atoms with E-state index in [0.29, 0.717) is 29.4 Å². The molecule has 2 amide bonds. The second-order valence-electron chi connectivity index (χ2n) is 6.71. The molecule has 3 aromatic rings. The Morgan fingerprint density at radius 3 is 2.32 bits per heavy atom. The quantitative estimate of drug-likeness (QED) is 0.588. The second-order valence-corrected chi connectivity index (χ2v) is 7.66. The molecule has 28 heavy (non-hydrogen) atoms. The van der Waals surface area contributed by atoms with Crippen LogP contribution in [0.3, 0.4) is 0 Å². The Kier molecular flexibility index (Phi) is 6.98. The van der Waals surface area contributed by atoms with Crippen molar-refractivity contribution in [1.29, 1.82) is 0 Å². The van der Waals surface area contributed by atoms with Gasteiger partial charge >= 0.3 is 0 Å². The van der Waals surface area contributed by atoms with Gasteiger partial charge in [-0.2, -0.15) is 0 Å². The topological polar surface area (TPSA) is 58.2 Å². The van der Waals surface area contributed by atoms with Gasteiger partial charge in [-0.15, -0.1) is 11.3 Å². The Balaban J connectivity index is 1.43. The molecular formula is C23H24N2O2S. The molecule has 0 spiro atoms. The van der Waals surface area contributed by atoms with E-state index in [-0.39, 0.29) is 11.8 Å². The molecule has 3 rings (SSSR count). The van der Waals surface area contributed by atoms with Crippen molar-refractivity contribution in [2.45, 2.75) is 25.8 Å². The van der Waals surface area contributed by atoms with E-state index >= 15 is 0 Å². The number of amides is 2. The first kappa shape index (κ1) is 19.8. The van der Waals surface area contributed by atoms with Crippen LogP contribution in [0.15, 0.2) is 72.1 Å². The van der Waals surface area contributed by atoms with Crippen LogP contribution in [-0.2, 0) is 6.54 Å². The van der Waals surface area contributed by atoms with E-state index in [2.05, 4.69) is 29.7 Å². The minimum Gasteiger partial charge on any atom is -0.352 e. The number of thiophene rings is 1. The van der Waals surface area contributed by atoms with Gasteiger partial charge in [-0.25, -0.2) is 0 Å². The average molecular weight is 393 g/mol. The van der Waals surface area contributed by atoms with Gasteiger partial charge in [0.25, 0.3) is 11.8 Å². The molecule has 0 radical (unpaired) electrons. The van der Waals surface area contributed by atoms with Gasteiger partial charge in [0.15, 0.2) is 0 Å². The largest absolute Gasteiger partial charge is 0.352 e. The summed E-state index contributed by atoms with van der Waals surface area (Å²) in [5.41, 5.74) is 2.87. The fourth-order valence-electron chi connectivity index (χ4n) is 2.90. The third-order valence-electron chi connectivity index (χ3n) is 4.65. The van der Waals surface area contributed by atoms with Crippen molar-refractivity contribution in [3.05, 3.63) is 93.7 Å². The summed E-state index contributed by atoms with van der Waals surface area (Å²) >= 11 is 1.42. The molecule has 4 nitrogen and oxygen atoms in total. The fourth-order valence-corrected chi connectivity index (χ4v) is 3.54. The summed E-state index contributed by atoms with van der Waals surface area (Å²) in [6, 6.07) is 21.3. The number of carbonyl (C=O) groups is 2. The average Bonchev–Trinajstić information content (AvgIpc) is 3.28. The van der Waals surface area contributed by atoms with Crippen LogP contribution < -0.4 is 10.6 Å².